The summed E-state index contributed by atoms with van der Waals surface area (Å²) < 4.78 is 0. The molecule has 0 N–H and O–H groups in total. The second kappa shape index (κ2) is 4.35. The lowest BCUT2D eigenvalue weighted by Gasteiger charge is -1.97. The van der Waals surface area contributed by atoms with E-state index in [1.165, 1.54) is 0 Å². The number of nitrogens with zero attached hydrogens (tertiary/aromatic N) is 1. The van der Waals surface area contributed by atoms with Gasteiger partial charge < -0.3 is 0 Å². The van der Waals surface area contributed by atoms with E-state index >= 15 is 0 Å². The molecule has 59 valence electrons. The molecule has 0 fully saturated rings. The molecule has 1 radical (unpaired) electrons. The molecule has 0 aliphatic heterocycles. The normalized spacial score (nSPS) is 10.0. The molecule has 11 heavy (non-hydrogen) atoms. The Morgan fingerprint density at radius 3 is 2.82 bits per heavy atom. The molecule has 0 saturated heterocycles. The maximum atomic E-state index is 5.67. The summed E-state index contributed by atoms with van der Waals surface area (Å²) in [5.74, 6) is 0. The van der Waals surface area contributed by atoms with Gasteiger partial charge in [-0.25, -0.2) is 0 Å². The molecule has 2 heteroatoms. The van der Waals surface area contributed by atoms with E-state index in [1.54, 1.807) is 6.20 Å². The fraction of sp³-hybridized carbons (Fsp3) is 0.333. The van der Waals surface area contributed by atoms with Crippen molar-refractivity contribution >= 4 is 11.6 Å². The van der Waals surface area contributed by atoms with Crippen molar-refractivity contribution in [2.24, 2.45) is 0 Å². The highest BCUT2D eigenvalue weighted by atomic mass is 35.5. The minimum absolute atomic E-state index is 0.698. The van der Waals surface area contributed by atoms with Crippen LogP contribution in [0.5, 0.6) is 0 Å². The first-order chi connectivity index (χ1) is 5.33. The molecule has 0 bridgehead atoms. The summed E-state index contributed by atoms with van der Waals surface area (Å²) in [4.78, 5) is 4.16. The van der Waals surface area contributed by atoms with Crippen LogP contribution in [0.25, 0.3) is 0 Å². The van der Waals surface area contributed by atoms with Gasteiger partial charge in [-0.3, -0.25) is 4.98 Å². The quantitative estimate of drug-likeness (QED) is 0.677. The lowest BCUT2D eigenvalue weighted by molar-refractivity contribution is 0.816. The Morgan fingerprint density at radius 1 is 1.45 bits per heavy atom. The van der Waals surface area contributed by atoms with Crippen LogP contribution in [0.1, 0.15) is 18.5 Å². The van der Waals surface area contributed by atoms with Gasteiger partial charge in [-0.1, -0.05) is 24.9 Å². The topological polar surface area (TPSA) is 12.9 Å². The molecule has 0 unspecified atom stereocenters. The average molecular weight is 169 g/mol. The highest BCUT2D eigenvalue weighted by molar-refractivity contribution is 6.30. The lowest BCUT2D eigenvalue weighted by Crippen LogP contribution is -1.87. The number of rotatable bonds is 3. The standard InChI is InChI=1S/C9H11ClN/c1-2-3-4-9-6-5-8(10)7-11-9/h5-7H,1-4H2. The number of hydrogen-bond acceptors (Lipinski definition) is 1. The fourth-order valence-electron chi connectivity index (χ4n) is 0.860. The van der Waals surface area contributed by atoms with Crippen molar-refractivity contribution < 1.29 is 0 Å². The van der Waals surface area contributed by atoms with Gasteiger partial charge in [0.1, 0.15) is 0 Å². The Balaban J connectivity index is 2.52. The van der Waals surface area contributed by atoms with Crippen molar-refractivity contribution in [3.8, 4) is 0 Å². The second-order valence-corrected chi connectivity index (χ2v) is 2.86. The van der Waals surface area contributed by atoms with Crippen LogP contribution in [0.4, 0.5) is 0 Å². The summed E-state index contributed by atoms with van der Waals surface area (Å²) >= 11 is 5.67. The minimum Gasteiger partial charge on any atom is -0.260 e. The van der Waals surface area contributed by atoms with Crippen LogP contribution >= 0.6 is 11.6 Å². The van der Waals surface area contributed by atoms with Crippen molar-refractivity contribution in [2.75, 3.05) is 0 Å². The molecule has 1 aromatic rings. The van der Waals surface area contributed by atoms with E-state index < -0.39 is 0 Å². The molecule has 0 aromatic carbocycles. The molecule has 0 aliphatic carbocycles. The number of pyridine rings is 1. The second-order valence-electron chi connectivity index (χ2n) is 2.42. The van der Waals surface area contributed by atoms with E-state index in [-0.39, 0.29) is 0 Å². The molecule has 0 aliphatic rings. The number of halogens is 1. The van der Waals surface area contributed by atoms with E-state index in [0.29, 0.717) is 5.02 Å². The Morgan fingerprint density at radius 2 is 2.27 bits per heavy atom. The summed E-state index contributed by atoms with van der Waals surface area (Å²) in [5.41, 5.74) is 1.10. The zero-order valence-electron chi connectivity index (χ0n) is 6.39. The SMILES string of the molecule is [CH2]CCCc1ccc(Cl)cn1. The zero-order valence-corrected chi connectivity index (χ0v) is 7.14. The van der Waals surface area contributed by atoms with Crippen LogP contribution in [0.3, 0.4) is 0 Å². The monoisotopic (exact) mass is 168 g/mol. The summed E-state index contributed by atoms with van der Waals surface area (Å²) in [6, 6.07) is 3.82. The van der Waals surface area contributed by atoms with E-state index in [9.17, 15) is 0 Å². The largest absolute Gasteiger partial charge is 0.260 e. The number of unbranched alkanes of at least 4 members (excludes halogenated alkanes) is 1. The first-order valence-electron chi connectivity index (χ1n) is 3.72. The number of hydrogen-bond donors (Lipinski definition) is 0. The van der Waals surface area contributed by atoms with E-state index in [0.717, 1.165) is 25.0 Å². The van der Waals surface area contributed by atoms with Crippen LogP contribution in [-0.2, 0) is 6.42 Å². The highest BCUT2D eigenvalue weighted by Crippen LogP contribution is 2.07. The molecule has 1 aromatic heterocycles. The molecule has 0 atom stereocenters. The van der Waals surface area contributed by atoms with Gasteiger partial charge in [0.15, 0.2) is 0 Å². The predicted octanol–water partition coefficient (Wildman–Crippen LogP) is 2.89. The molecule has 0 saturated carbocycles. The summed E-state index contributed by atoms with van der Waals surface area (Å²) in [5, 5.41) is 0.698. The molecular formula is C9H11ClN. The zero-order chi connectivity index (χ0) is 8.10. The van der Waals surface area contributed by atoms with Crippen LogP contribution < -0.4 is 0 Å². The van der Waals surface area contributed by atoms with E-state index in [2.05, 4.69) is 11.9 Å². The summed E-state index contributed by atoms with van der Waals surface area (Å²) in [7, 11) is 0. The van der Waals surface area contributed by atoms with Crippen LogP contribution in [0.15, 0.2) is 18.3 Å². The Labute approximate surface area is 72.4 Å². The molecule has 0 amide bonds. The summed E-state index contributed by atoms with van der Waals surface area (Å²) in [6.45, 7) is 3.76. The molecule has 0 spiro atoms. The first kappa shape index (κ1) is 8.54. The smallest absolute Gasteiger partial charge is 0.0589 e. The Bertz CT molecular complexity index is 205. The van der Waals surface area contributed by atoms with Gasteiger partial charge in [-0.2, -0.15) is 0 Å². The van der Waals surface area contributed by atoms with Crippen molar-refractivity contribution in [1.29, 1.82) is 0 Å². The first-order valence-corrected chi connectivity index (χ1v) is 4.10. The predicted molar refractivity (Wildman–Crippen MR) is 47.5 cm³/mol. The van der Waals surface area contributed by atoms with Gasteiger partial charge in [0.05, 0.1) is 5.02 Å². The third kappa shape index (κ3) is 2.89. The third-order valence-electron chi connectivity index (χ3n) is 1.47. The van der Waals surface area contributed by atoms with Crippen LogP contribution in [-0.4, -0.2) is 4.98 Å². The summed E-state index contributed by atoms with van der Waals surface area (Å²) in [6.07, 6.45) is 4.74. The third-order valence-corrected chi connectivity index (χ3v) is 1.70. The van der Waals surface area contributed by atoms with Gasteiger partial charge in [0.25, 0.3) is 0 Å². The molecular weight excluding hydrogens is 158 g/mol. The molecule has 1 nitrogen and oxygen atoms in total. The van der Waals surface area contributed by atoms with Crippen molar-refractivity contribution in [2.45, 2.75) is 19.3 Å². The van der Waals surface area contributed by atoms with Gasteiger partial charge in [0, 0.05) is 11.9 Å². The van der Waals surface area contributed by atoms with Gasteiger partial charge in [0.2, 0.25) is 0 Å². The van der Waals surface area contributed by atoms with E-state index in [4.69, 9.17) is 11.6 Å². The lowest BCUT2D eigenvalue weighted by atomic mass is 10.2. The fourth-order valence-corrected chi connectivity index (χ4v) is 0.972. The van der Waals surface area contributed by atoms with Gasteiger partial charge >= 0.3 is 0 Å². The number of aromatic nitrogens is 1. The van der Waals surface area contributed by atoms with Crippen LogP contribution in [0.2, 0.25) is 5.02 Å². The Hall–Kier alpha value is -0.560. The van der Waals surface area contributed by atoms with Crippen molar-refractivity contribution in [3.05, 3.63) is 36.0 Å². The van der Waals surface area contributed by atoms with Crippen molar-refractivity contribution in [1.82, 2.24) is 4.98 Å². The van der Waals surface area contributed by atoms with Crippen molar-refractivity contribution in [3.63, 3.8) is 0 Å². The highest BCUT2D eigenvalue weighted by Gasteiger charge is 1.92. The maximum Gasteiger partial charge on any atom is 0.0589 e. The average Bonchev–Trinajstić information content (AvgIpc) is 2.04. The molecule has 1 heterocycles. The molecule has 1 rings (SSSR count). The van der Waals surface area contributed by atoms with Gasteiger partial charge in [-0.15, -0.1) is 0 Å². The van der Waals surface area contributed by atoms with Gasteiger partial charge in [-0.05, 0) is 25.0 Å². The maximum absolute atomic E-state index is 5.67. The Kier molecular flexibility index (Phi) is 3.37. The van der Waals surface area contributed by atoms with E-state index in [1.807, 2.05) is 12.1 Å². The minimum atomic E-state index is 0.698. The van der Waals surface area contributed by atoms with Crippen LogP contribution in [0, 0.1) is 6.92 Å². The number of aryl methyl sites for hydroxylation is 1.